The molecular formula is C20H25N3O6. The monoisotopic (exact) mass is 403 g/mol. The molecule has 2 N–H and O–H groups in total. The average Bonchev–Trinajstić information content (AvgIpc) is 2.89. The molecule has 1 aromatic carbocycles. The number of benzene rings is 1. The number of aliphatic imine (C=N–C) groups is 1. The Hall–Kier alpha value is -3.23. The van der Waals surface area contributed by atoms with Crippen LogP contribution in [0.1, 0.15) is 61.5 Å². The topological polar surface area (TPSA) is 128 Å². The van der Waals surface area contributed by atoms with Gasteiger partial charge in [0.15, 0.2) is 0 Å². The summed E-state index contributed by atoms with van der Waals surface area (Å²) in [6.45, 7) is 6.98. The van der Waals surface area contributed by atoms with Gasteiger partial charge in [-0.25, -0.2) is 9.59 Å². The summed E-state index contributed by atoms with van der Waals surface area (Å²) < 4.78 is 5.08. The van der Waals surface area contributed by atoms with Crippen molar-refractivity contribution < 1.29 is 28.8 Å². The first-order chi connectivity index (χ1) is 13.4. The first kappa shape index (κ1) is 22.1. The fourth-order valence-corrected chi connectivity index (χ4v) is 2.65. The van der Waals surface area contributed by atoms with E-state index in [1.807, 2.05) is 6.07 Å². The van der Waals surface area contributed by atoms with E-state index in [0.29, 0.717) is 11.5 Å². The summed E-state index contributed by atoms with van der Waals surface area (Å²) in [7, 11) is 0. The summed E-state index contributed by atoms with van der Waals surface area (Å²) >= 11 is 0. The summed E-state index contributed by atoms with van der Waals surface area (Å²) in [4.78, 5) is 55.9. The summed E-state index contributed by atoms with van der Waals surface area (Å²) in [6.07, 6.45) is -0.00590. The number of nitrogens with two attached hydrogens (primary N) is 1. The maximum Gasteiger partial charge on any atom is 0.435 e. The summed E-state index contributed by atoms with van der Waals surface area (Å²) in [5.41, 5.74) is 6.88. The zero-order chi connectivity index (χ0) is 21.8. The minimum absolute atomic E-state index is 0.0292. The molecular weight excluding hydrogens is 378 g/mol. The summed E-state index contributed by atoms with van der Waals surface area (Å²) in [5, 5.41) is 0.510. The molecule has 1 heterocycles. The van der Waals surface area contributed by atoms with E-state index in [-0.39, 0.29) is 30.7 Å². The van der Waals surface area contributed by atoms with Gasteiger partial charge in [-0.3, -0.25) is 9.59 Å². The number of hydrogen-bond acceptors (Lipinski definition) is 6. The van der Waals surface area contributed by atoms with E-state index in [1.165, 1.54) is 0 Å². The van der Waals surface area contributed by atoms with Gasteiger partial charge in [0.1, 0.15) is 11.4 Å². The Morgan fingerprint density at radius 3 is 2.34 bits per heavy atom. The van der Waals surface area contributed by atoms with Crippen molar-refractivity contribution in [2.75, 3.05) is 0 Å². The van der Waals surface area contributed by atoms with Gasteiger partial charge in [-0.2, -0.15) is 4.99 Å². The van der Waals surface area contributed by atoms with Crippen LogP contribution in [0.3, 0.4) is 0 Å². The van der Waals surface area contributed by atoms with Crippen LogP contribution in [0.25, 0.3) is 0 Å². The Balaban J connectivity index is 2.03. The molecule has 0 aromatic heterocycles. The van der Waals surface area contributed by atoms with Gasteiger partial charge in [0.2, 0.25) is 0 Å². The number of aryl methyl sites for hydroxylation is 2. The third kappa shape index (κ3) is 6.70. The predicted octanol–water partition coefficient (Wildman–Crippen LogP) is 2.44. The molecule has 0 unspecified atom stereocenters. The lowest BCUT2D eigenvalue weighted by Gasteiger charge is -2.17. The third-order valence-electron chi connectivity index (χ3n) is 3.85. The van der Waals surface area contributed by atoms with Crippen molar-refractivity contribution >= 4 is 29.7 Å². The molecule has 0 aliphatic carbocycles. The fourth-order valence-electron chi connectivity index (χ4n) is 2.65. The highest BCUT2D eigenvalue weighted by Crippen LogP contribution is 2.17. The predicted molar refractivity (Wildman–Crippen MR) is 104 cm³/mol. The van der Waals surface area contributed by atoms with Crippen LogP contribution in [0.2, 0.25) is 0 Å². The second-order valence-corrected chi connectivity index (χ2v) is 7.75. The molecule has 0 atom stereocenters. The van der Waals surface area contributed by atoms with Gasteiger partial charge in [0.25, 0.3) is 11.8 Å². The van der Waals surface area contributed by atoms with Gasteiger partial charge >= 0.3 is 12.1 Å². The molecule has 0 spiro atoms. The number of carbonyl (C=O) groups excluding carboxylic acids is 4. The quantitative estimate of drug-likeness (QED) is 0.454. The Morgan fingerprint density at radius 1 is 1.14 bits per heavy atom. The largest absolute Gasteiger partial charge is 0.442 e. The average molecular weight is 403 g/mol. The Labute approximate surface area is 168 Å². The van der Waals surface area contributed by atoms with Crippen molar-refractivity contribution in [3.8, 4) is 0 Å². The number of amidine groups is 1. The molecule has 0 saturated carbocycles. The molecule has 1 aliphatic rings. The van der Waals surface area contributed by atoms with Crippen LogP contribution in [0.5, 0.6) is 0 Å². The Bertz CT molecular complexity index is 853. The van der Waals surface area contributed by atoms with Crippen molar-refractivity contribution in [2.45, 2.75) is 59.0 Å². The van der Waals surface area contributed by atoms with Crippen LogP contribution in [-0.2, 0) is 25.6 Å². The molecule has 29 heavy (non-hydrogen) atoms. The van der Waals surface area contributed by atoms with Crippen molar-refractivity contribution in [1.82, 2.24) is 5.06 Å². The molecule has 3 amide bonds. The number of rotatable bonds is 5. The highest BCUT2D eigenvalue weighted by Gasteiger charge is 2.33. The standard InChI is InChI=1S/C20H25N3O6/c1-12-9-13(5-6-15(21)22-19(27)28-20(2,3)4)11-14(10-12)18(26)29-23-16(24)7-8-17(23)25/h9-11H,5-8H2,1-4H3,(H2,21,22,27). The van der Waals surface area contributed by atoms with E-state index in [2.05, 4.69) is 4.99 Å². The third-order valence-corrected chi connectivity index (χ3v) is 3.85. The number of hydrogen-bond donors (Lipinski definition) is 1. The summed E-state index contributed by atoms with van der Waals surface area (Å²) in [5.74, 6) is -1.77. The molecule has 0 bridgehead atoms. The van der Waals surface area contributed by atoms with Gasteiger partial charge in [0.05, 0.1) is 5.56 Å². The number of carbonyl (C=O) groups is 4. The molecule has 1 saturated heterocycles. The van der Waals surface area contributed by atoms with Crippen LogP contribution in [0.4, 0.5) is 4.79 Å². The van der Waals surface area contributed by atoms with E-state index < -0.39 is 29.5 Å². The molecule has 1 aliphatic heterocycles. The van der Waals surface area contributed by atoms with Gasteiger partial charge in [0, 0.05) is 19.3 Å². The van der Waals surface area contributed by atoms with Crippen LogP contribution in [-0.4, -0.2) is 40.4 Å². The van der Waals surface area contributed by atoms with Gasteiger partial charge in [-0.15, -0.1) is 5.06 Å². The van der Waals surface area contributed by atoms with Crippen LogP contribution in [0, 0.1) is 6.92 Å². The van der Waals surface area contributed by atoms with Crippen molar-refractivity contribution in [3.05, 3.63) is 34.9 Å². The minimum atomic E-state index is -0.797. The first-order valence-corrected chi connectivity index (χ1v) is 9.19. The molecule has 156 valence electrons. The molecule has 9 nitrogen and oxygen atoms in total. The van der Waals surface area contributed by atoms with Crippen LogP contribution < -0.4 is 5.73 Å². The second-order valence-electron chi connectivity index (χ2n) is 7.75. The van der Waals surface area contributed by atoms with Crippen LogP contribution >= 0.6 is 0 Å². The Morgan fingerprint density at radius 2 is 1.76 bits per heavy atom. The maximum absolute atomic E-state index is 12.3. The number of ether oxygens (including phenoxy) is 1. The molecule has 0 radical (unpaired) electrons. The van der Waals surface area contributed by atoms with Crippen molar-refractivity contribution in [1.29, 1.82) is 0 Å². The van der Waals surface area contributed by atoms with E-state index in [0.717, 1.165) is 11.1 Å². The second kappa shape index (κ2) is 8.85. The normalized spacial score (nSPS) is 14.9. The highest BCUT2D eigenvalue weighted by molar-refractivity contribution is 6.02. The number of nitrogens with zero attached hydrogens (tertiary/aromatic N) is 2. The fraction of sp³-hybridized carbons (Fsp3) is 0.450. The van der Waals surface area contributed by atoms with Crippen molar-refractivity contribution in [2.24, 2.45) is 10.7 Å². The van der Waals surface area contributed by atoms with Gasteiger partial charge < -0.3 is 15.3 Å². The van der Waals surface area contributed by atoms with Crippen LogP contribution in [0.15, 0.2) is 23.2 Å². The highest BCUT2D eigenvalue weighted by atomic mass is 16.7. The van der Waals surface area contributed by atoms with E-state index in [4.69, 9.17) is 15.3 Å². The minimum Gasteiger partial charge on any atom is -0.442 e. The molecule has 1 fully saturated rings. The lowest BCUT2D eigenvalue weighted by atomic mass is 10.0. The summed E-state index contributed by atoms with van der Waals surface area (Å²) in [6, 6.07) is 5.03. The smallest absolute Gasteiger partial charge is 0.435 e. The zero-order valence-corrected chi connectivity index (χ0v) is 17.0. The van der Waals surface area contributed by atoms with E-state index in [9.17, 15) is 19.2 Å². The first-order valence-electron chi connectivity index (χ1n) is 9.19. The van der Waals surface area contributed by atoms with Gasteiger partial charge in [-0.1, -0.05) is 6.07 Å². The molecule has 2 rings (SSSR count). The number of imide groups is 1. The van der Waals surface area contributed by atoms with Crippen molar-refractivity contribution in [3.63, 3.8) is 0 Å². The number of hydroxylamine groups is 2. The molecule has 1 aromatic rings. The maximum atomic E-state index is 12.3. The lowest BCUT2D eigenvalue weighted by Crippen LogP contribution is -2.32. The van der Waals surface area contributed by atoms with E-state index >= 15 is 0 Å². The Kier molecular flexibility index (Phi) is 6.73. The zero-order valence-electron chi connectivity index (χ0n) is 17.0. The lowest BCUT2D eigenvalue weighted by molar-refractivity contribution is -0.172. The van der Waals surface area contributed by atoms with E-state index in [1.54, 1.807) is 39.8 Å². The van der Waals surface area contributed by atoms with Gasteiger partial charge in [-0.05, 0) is 57.4 Å². The SMILES string of the molecule is Cc1cc(CCC(N)=NC(=O)OC(C)(C)C)cc(C(=O)ON2C(=O)CCC2=O)c1. The number of amides is 3. The molecule has 9 heteroatoms.